The Balaban J connectivity index is 1.59. The van der Waals surface area contributed by atoms with E-state index in [0.717, 1.165) is 39.0 Å². The average Bonchev–Trinajstić information content (AvgIpc) is 3.24. The van der Waals surface area contributed by atoms with Crippen LogP contribution in [0.3, 0.4) is 0 Å². The number of thioether (sulfide) groups is 1. The molecule has 0 aliphatic carbocycles. The fourth-order valence-electron chi connectivity index (χ4n) is 3.54. The first-order chi connectivity index (χ1) is 16.0. The summed E-state index contributed by atoms with van der Waals surface area (Å²) >= 11 is 4.80. The third kappa shape index (κ3) is 5.34. The quantitative estimate of drug-likeness (QED) is 0.282. The van der Waals surface area contributed by atoms with E-state index >= 15 is 0 Å². The average molecular weight is 525 g/mol. The maximum atomic E-state index is 13.5. The Kier molecular flexibility index (Phi) is 7.25. The van der Waals surface area contributed by atoms with E-state index in [2.05, 4.69) is 38.4 Å². The van der Waals surface area contributed by atoms with Crippen LogP contribution in [-0.4, -0.2) is 26.4 Å². The summed E-state index contributed by atoms with van der Waals surface area (Å²) in [6.07, 6.45) is 0.808. The summed E-state index contributed by atoms with van der Waals surface area (Å²) < 4.78 is 16.4. The first kappa shape index (κ1) is 23.2. The number of rotatable bonds is 7. The number of amides is 1. The second kappa shape index (κ2) is 10.3. The van der Waals surface area contributed by atoms with Crippen LogP contribution in [0.4, 0.5) is 10.1 Å². The first-order valence-corrected chi connectivity index (χ1v) is 12.2. The molecule has 8 heteroatoms. The van der Waals surface area contributed by atoms with Crippen LogP contribution < -0.4 is 5.32 Å². The van der Waals surface area contributed by atoms with E-state index in [-0.39, 0.29) is 17.5 Å². The number of carbonyl (C=O) groups excluding carboxylic acids is 1. The molecule has 33 heavy (non-hydrogen) atoms. The van der Waals surface area contributed by atoms with Gasteiger partial charge in [0.05, 0.1) is 5.75 Å². The van der Waals surface area contributed by atoms with Gasteiger partial charge in [0.25, 0.3) is 0 Å². The van der Waals surface area contributed by atoms with Crippen LogP contribution in [0, 0.1) is 12.7 Å². The SMILES string of the molecule is CCc1cc(Br)cc(C)c1NC(=O)CSc1nnc(-c2ccccc2)n1-c1ccc(F)cc1. The third-order valence-corrected chi connectivity index (χ3v) is 6.50. The number of hydrogen-bond acceptors (Lipinski definition) is 4. The Hall–Kier alpha value is -2.97. The number of anilines is 1. The molecule has 0 radical (unpaired) electrons. The van der Waals surface area contributed by atoms with E-state index in [1.807, 2.05) is 54.0 Å². The predicted octanol–water partition coefficient (Wildman–Crippen LogP) is 6.44. The highest BCUT2D eigenvalue weighted by molar-refractivity contribution is 9.10. The number of nitrogens with zero attached hydrogens (tertiary/aromatic N) is 3. The number of carbonyl (C=O) groups is 1. The van der Waals surface area contributed by atoms with Gasteiger partial charge in [0, 0.05) is 21.4 Å². The molecular weight excluding hydrogens is 503 g/mol. The minimum Gasteiger partial charge on any atom is -0.325 e. The summed E-state index contributed by atoms with van der Waals surface area (Å²) in [5.74, 6) is 0.336. The largest absolute Gasteiger partial charge is 0.325 e. The summed E-state index contributed by atoms with van der Waals surface area (Å²) in [7, 11) is 0. The molecule has 0 atom stereocenters. The second-order valence-electron chi connectivity index (χ2n) is 7.43. The fourth-order valence-corrected chi connectivity index (χ4v) is 4.91. The number of aromatic nitrogens is 3. The van der Waals surface area contributed by atoms with E-state index in [1.165, 1.54) is 23.9 Å². The lowest BCUT2D eigenvalue weighted by atomic mass is 10.1. The zero-order valence-corrected chi connectivity index (χ0v) is 20.6. The van der Waals surface area contributed by atoms with Crippen molar-refractivity contribution in [2.24, 2.45) is 0 Å². The van der Waals surface area contributed by atoms with Gasteiger partial charge in [0.15, 0.2) is 11.0 Å². The topological polar surface area (TPSA) is 59.8 Å². The number of hydrogen-bond donors (Lipinski definition) is 1. The molecule has 0 saturated heterocycles. The minimum absolute atomic E-state index is 0.130. The van der Waals surface area contributed by atoms with Gasteiger partial charge in [-0.1, -0.05) is 64.9 Å². The summed E-state index contributed by atoms with van der Waals surface area (Å²) in [5, 5.41) is 12.3. The van der Waals surface area contributed by atoms with Crippen molar-refractivity contribution in [3.05, 3.63) is 88.1 Å². The number of benzene rings is 3. The zero-order chi connectivity index (χ0) is 23.4. The summed E-state index contributed by atoms with van der Waals surface area (Å²) in [5.41, 5.74) is 4.52. The Morgan fingerprint density at radius 2 is 1.82 bits per heavy atom. The smallest absolute Gasteiger partial charge is 0.234 e. The van der Waals surface area contributed by atoms with Gasteiger partial charge < -0.3 is 5.32 Å². The van der Waals surface area contributed by atoms with Crippen molar-refractivity contribution < 1.29 is 9.18 Å². The van der Waals surface area contributed by atoms with Crippen LogP contribution >= 0.6 is 27.7 Å². The lowest BCUT2D eigenvalue weighted by Gasteiger charge is -2.14. The number of aryl methyl sites for hydroxylation is 2. The van der Waals surface area contributed by atoms with Crippen LogP contribution in [0.5, 0.6) is 0 Å². The van der Waals surface area contributed by atoms with Crippen LogP contribution in [-0.2, 0) is 11.2 Å². The molecule has 1 amide bonds. The van der Waals surface area contributed by atoms with Crippen molar-refractivity contribution in [1.29, 1.82) is 0 Å². The maximum absolute atomic E-state index is 13.5. The maximum Gasteiger partial charge on any atom is 0.234 e. The summed E-state index contributed by atoms with van der Waals surface area (Å²) in [6.45, 7) is 4.03. The molecule has 1 N–H and O–H groups in total. The number of nitrogens with one attached hydrogen (secondary N) is 1. The fraction of sp³-hybridized carbons (Fsp3) is 0.160. The van der Waals surface area contributed by atoms with Crippen molar-refractivity contribution in [3.8, 4) is 17.1 Å². The molecule has 0 saturated carbocycles. The van der Waals surface area contributed by atoms with Crippen molar-refractivity contribution in [1.82, 2.24) is 14.8 Å². The van der Waals surface area contributed by atoms with Gasteiger partial charge in [-0.25, -0.2) is 4.39 Å². The molecule has 168 valence electrons. The van der Waals surface area contributed by atoms with E-state index in [9.17, 15) is 9.18 Å². The standard InChI is InChI=1S/C25H22BrFN4OS/c1-3-17-14-19(26)13-16(2)23(17)28-22(32)15-33-25-30-29-24(18-7-5-4-6-8-18)31(25)21-11-9-20(27)10-12-21/h4-14H,3,15H2,1-2H3,(H,28,32). The second-order valence-corrected chi connectivity index (χ2v) is 9.29. The molecule has 4 rings (SSSR count). The monoisotopic (exact) mass is 524 g/mol. The van der Waals surface area contributed by atoms with Gasteiger partial charge in [-0.05, 0) is 60.9 Å². The van der Waals surface area contributed by atoms with Crippen LogP contribution in [0.25, 0.3) is 17.1 Å². The normalized spacial score (nSPS) is 10.9. The van der Waals surface area contributed by atoms with Gasteiger partial charge in [-0.15, -0.1) is 10.2 Å². The van der Waals surface area contributed by atoms with Crippen molar-refractivity contribution in [2.75, 3.05) is 11.1 Å². The molecule has 5 nitrogen and oxygen atoms in total. The Bertz CT molecular complexity index is 1280. The van der Waals surface area contributed by atoms with Crippen molar-refractivity contribution in [3.63, 3.8) is 0 Å². The van der Waals surface area contributed by atoms with Crippen molar-refractivity contribution >= 4 is 39.3 Å². The minimum atomic E-state index is -0.321. The molecule has 0 fully saturated rings. The third-order valence-electron chi connectivity index (χ3n) is 5.11. The Morgan fingerprint density at radius 1 is 1.09 bits per heavy atom. The molecule has 0 aliphatic heterocycles. The van der Waals surface area contributed by atoms with E-state index in [1.54, 1.807) is 12.1 Å². The molecule has 0 spiro atoms. The van der Waals surface area contributed by atoms with Gasteiger partial charge in [-0.2, -0.15) is 0 Å². The molecule has 3 aromatic carbocycles. The predicted molar refractivity (Wildman–Crippen MR) is 134 cm³/mol. The van der Waals surface area contributed by atoms with Gasteiger partial charge in [0.2, 0.25) is 5.91 Å². The number of halogens is 2. The summed E-state index contributed by atoms with van der Waals surface area (Å²) in [4.78, 5) is 12.8. The molecule has 4 aromatic rings. The molecule has 0 unspecified atom stereocenters. The lowest BCUT2D eigenvalue weighted by molar-refractivity contribution is -0.113. The molecular formula is C25H22BrFN4OS. The highest BCUT2D eigenvalue weighted by Crippen LogP contribution is 2.29. The highest BCUT2D eigenvalue weighted by Gasteiger charge is 2.18. The van der Waals surface area contributed by atoms with Gasteiger partial charge in [0.1, 0.15) is 5.82 Å². The molecule has 0 bridgehead atoms. The molecule has 1 aromatic heterocycles. The Morgan fingerprint density at radius 3 is 2.52 bits per heavy atom. The molecule has 0 aliphatic rings. The highest BCUT2D eigenvalue weighted by atomic mass is 79.9. The zero-order valence-electron chi connectivity index (χ0n) is 18.2. The van der Waals surface area contributed by atoms with Crippen LogP contribution in [0.2, 0.25) is 0 Å². The van der Waals surface area contributed by atoms with Gasteiger partial charge >= 0.3 is 0 Å². The van der Waals surface area contributed by atoms with Crippen molar-refractivity contribution in [2.45, 2.75) is 25.4 Å². The molecule has 1 heterocycles. The van der Waals surface area contributed by atoms with E-state index in [4.69, 9.17) is 0 Å². The van der Waals surface area contributed by atoms with E-state index in [0.29, 0.717) is 11.0 Å². The van der Waals surface area contributed by atoms with E-state index < -0.39 is 0 Å². The summed E-state index contributed by atoms with van der Waals surface area (Å²) in [6, 6.07) is 19.8. The van der Waals surface area contributed by atoms with Gasteiger partial charge in [-0.3, -0.25) is 9.36 Å². The Labute approximate surface area is 204 Å². The van der Waals surface area contributed by atoms with Crippen LogP contribution in [0.1, 0.15) is 18.1 Å². The first-order valence-electron chi connectivity index (χ1n) is 10.4. The van der Waals surface area contributed by atoms with Crippen LogP contribution in [0.15, 0.2) is 76.4 Å². The lowest BCUT2D eigenvalue weighted by Crippen LogP contribution is -2.16.